The van der Waals surface area contributed by atoms with Gasteiger partial charge >= 0.3 is 5.97 Å². The summed E-state index contributed by atoms with van der Waals surface area (Å²) in [5, 5.41) is 0. The topological polar surface area (TPSA) is 35.5 Å². The molecule has 0 aliphatic heterocycles. The van der Waals surface area contributed by atoms with Gasteiger partial charge in [0.15, 0.2) is 0 Å². The fourth-order valence-electron chi connectivity index (χ4n) is 4.23. The second kappa shape index (κ2) is 18.0. The number of ether oxygens (including phenoxy) is 2. The minimum absolute atomic E-state index is 0.341. The summed E-state index contributed by atoms with van der Waals surface area (Å²) in [5.74, 6) is 1.70. The quantitative estimate of drug-likeness (QED) is 0.114. The first kappa shape index (κ1) is 28.9. The number of rotatable bonds is 19. The fraction of sp³-hybridized carbons (Fsp3) is 0.594. The summed E-state index contributed by atoms with van der Waals surface area (Å²) in [4.78, 5) is 12.5. The Bertz CT molecular complexity index is 795. The van der Waals surface area contributed by atoms with Crippen LogP contribution in [0.3, 0.4) is 0 Å². The first-order valence-electron chi connectivity index (χ1n) is 14.2. The second-order valence-corrected chi connectivity index (χ2v) is 10.0. The van der Waals surface area contributed by atoms with Crippen molar-refractivity contribution >= 4 is 5.97 Å². The highest BCUT2D eigenvalue weighted by molar-refractivity contribution is 5.91. The molecular weight excluding hydrogens is 432 g/mol. The number of hydrogen-bond acceptors (Lipinski definition) is 3. The molecule has 0 bridgehead atoms. The number of benzene rings is 2. The van der Waals surface area contributed by atoms with Crippen LogP contribution in [-0.2, 0) is 6.42 Å². The zero-order valence-corrected chi connectivity index (χ0v) is 22.5. The van der Waals surface area contributed by atoms with E-state index in [1.807, 2.05) is 36.4 Å². The highest BCUT2D eigenvalue weighted by atomic mass is 16.5. The molecular formula is C32H48O3. The van der Waals surface area contributed by atoms with E-state index in [4.69, 9.17) is 9.47 Å². The molecule has 0 amide bonds. The van der Waals surface area contributed by atoms with E-state index >= 15 is 0 Å². The van der Waals surface area contributed by atoms with Gasteiger partial charge in [0.2, 0.25) is 0 Å². The van der Waals surface area contributed by atoms with Gasteiger partial charge in [-0.05, 0) is 60.7 Å². The molecule has 0 aromatic heterocycles. The molecule has 1 atom stereocenters. The lowest BCUT2D eigenvalue weighted by Gasteiger charge is -2.10. The van der Waals surface area contributed by atoms with Gasteiger partial charge in [-0.15, -0.1) is 0 Å². The van der Waals surface area contributed by atoms with E-state index in [0.29, 0.717) is 17.2 Å². The predicted molar refractivity (Wildman–Crippen MR) is 148 cm³/mol. The average Bonchev–Trinajstić information content (AvgIpc) is 2.88. The normalized spacial score (nSPS) is 11.9. The Morgan fingerprint density at radius 2 is 1.20 bits per heavy atom. The molecule has 0 N–H and O–H groups in total. The van der Waals surface area contributed by atoms with Crippen LogP contribution in [0.5, 0.6) is 11.5 Å². The summed E-state index contributed by atoms with van der Waals surface area (Å²) in [6, 6.07) is 15.1. The van der Waals surface area contributed by atoms with Gasteiger partial charge in [-0.1, -0.05) is 110 Å². The van der Waals surface area contributed by atoms with Gasteiger partial charge in [0, 0.05) is 0 Å². The van der Waals surface area contributed by atoms with Crippen LogP contribution in [0.15, 0.2) is 48.5 Å². The number of esters is 1. The van der Waals surface area contributed by atoms with E-state index in [-0.39, 0.29) is 5.97 Å². The third-order valence-electron chi connectivity index (χ3n) is 6.77. The van der Waals surface area contributed by atoms with E-state index in [1.165, 1.54) is 76.2 Å². The Hall–Kier alpha value is -2.29. The largest absolute Gasteiger partial charge is 0.494 e. The van der Waals surface area contributed by atoms with Crippen molar-refractivity contribution in [2.24, 2.45) is 5.92 Å². The Morgan fingerprint density at radius 1 is 0.686 bits per heavy atom. The van der Waals surface area contributed by atoms with Gasteiger partial charge < -0.3 is 9.47 Å². The van der Waals surface area contributed by atoms with Crippen molar-refractivity contribution in [2.45, 2.75) is 111 Å². The van der Waals surface area contributed by atoms with Crippen LogP contribution < -0.4 is 9.47 Å². The molecule has 2 aromatic rings. The molecule has 0 saturated heterocycles. The molecule has 0 aliphatic rings. The zero-order valence-electron chi connectivity index (χ0n) is 22.5. The summed E-state index contributed by atoms with van der Waals surface area (Å²) in [6.07, 6.45) is 18.3. The predicted octanol–water partition coefficient (Wildman–Crippen LogP) is 9.57. The summed E-state index contributed by atoms with van der Waals surface area (Å²) >= 11 is 0. The maximum atomic E-state index is 12.5. The number of carbonyl (C=O) groups excluding carboxylic acids is 1. The maximum absolute atomic E-state index is 12.5. The first-order valence-corrected chi connectivity index (χ1v) is 14.2. The summed E-state index contributed by atoms with van der Waals surface area (Å²) in [7, 11) is 0. The maximum Gasteiger partial charge on any atom is 0.343 e. The van der Waals surface area contributed by atoms with Crippen LogP contribution >= 0.6 is 0 Å². The molecule has 0 saturated carbocycles. The van der Waals surface area contributed by atoms with Gasteiger partial charge in [-0.3, -0.25) is 0 Å². The molecule has 3 heteroatoms. The van der Waals surface area contributed by atoms with Gasteiger partial charge in [0.25, 0.3) is 0 Å². The van der Waals surface area contributed by atoms with Crippen LogP contribution in [0.2, 0.25) is 0 Å². The Morgan fingerprint density at radius 3 is 1.74 bits per heavy atom. The summed E-state index contributed by atoms with van der Waals surface area (Å²) in [6.45, 7) is 7.45. The zero-order chi connectivity index (χ0) is 25.1. The second-order valence-electron chi connectivity index (χ2n) is 10.0. The standard InChI is InChI=1S/C32H48O3/c1-4-6-7-8-9-10-11-12-13-14-15-16-25-34-30-23-19-29(20-24-30)32(33)35-31-21-17-28(18-22-31)26-27(3)5-2/h17-24,27H,4-16,25-26H2,1-3H3. The van der Waals surface area contributed by atoms with Crippen LogP contribution in [-0.4, -0.2) is 12.6 Å². The number of unbranched alkanes of at least 4 members (excludes halogenated alkanes) is 11. The summed E-state index contributed by atoms with van der Waals surface area (Å²) < 4.78 is 11.4. The van der Waals surface area contributed by atoms with Gasteiger partial charge in [0.05, 0.1) is 12.2 Å². The Kier molecular flexibility index (Phi) is 14.9. The molecule has 3 nitrogen and oxygen atoms in total. The van der Waals surface area contributed by atoms with E-state index in [0.717, 1.165) is 31.6 Å². The third-order valence-corrected chi connectivity index (χ3v) is 6.77. The highest BCUT2D eigenvalue weighted by Crippen LogP contribution is 2.19. The first-order chi connectivity index (χ1) is 17.1. The molecule has 194 valence electrons. The van der Waals surface area contributed by atoms with E-state index in [9.17, 15) is 4.79 Å². The van der Waals surface area contributed by atoms with Crippen molar-refractivity contribution in [1.82, 2.24) is 0 Å². The molecule has 35 heavy (non-hydrogen) atoms. The average molecular weight is 481 g/mol. The van der Waals surface area contributed by atoms with Crippen molar-refractivity contribution in [3.05, 3.63) is 59.7 Å². The highest BCUT2D eigenvalue weighted by Gasteiger charge is 2.09. The number of carbonyl (C=O) groups is 1. The third kappa shape index (κ3) is 12.8. The number of hydrogen-bond donors (Lipinski definition) is 0. The Balaban J connectivity index is 1.56. The molecule has 1 unspecified atom stereocenters. The van der Waals surface area contributed by atoms with Crippen molar-refractivity contribution in [3.63, 3.8) is 0 Å². The molecule has 0 radical (unpaired) electrons. The summed E-state index contributed by atoms with van der Waals surface area (Å²) in [5.41, 5.74) is 1.81. The van der Waals surface area contributed by atoms with Gasteiger partial charge in [-0.25, -0.2) is 4.79 Å². The fourth-order valence-corrected chi connectivity index (χ4v) is 4.23. The lowest BCUT2D eigenvalue weighted by atomic mass is 9.99. The van der Waals surface area contributed by atoms with Crippen molar-refractivity contribution in [3.8, 4) is 11.5 Å². The molecule has 0 heterocycles. The van der Waals surface area contributed by atoms with Crippen LogP contribution in [0, 0.1) is 5.92 Å². The molecule has 0 aliphatic carbocycles. The van der Waals surface area contributed by atoms with Crippen LogP contribution in [0.25, 0.3) is 0 Å². The minimum Gasteiger partial charge on any atom is -0.494 e. The lowest BCUT2D eigenvalue weighted by molar-refractivity contribution is 0.0734. The molecule has 2 aromatic carbocycles. The van der Waals surface area contributed by atoms with Gasteiger partial charge in [-0.2, -0.15) is 0 Å². The molecule has 0 fully saturated rings. The van der Waals surface area contributed by atoms with Crippen molar-refractivity contribution in [1.29, 1.82) is 0 Å². The smallest absolute Gasteiger partial charge is 0.343 e. The SMILES string of the molecule is CCCCCCCCCCCCCCOc1ccc(C(=O)Oc2ccc(CC(C)CC)cc2)cc1. The monoisotopic (exact) mass is 480 g/mol. The van der Waals surface area contributed by atoms with Crippen LogP contribution in [0.4, 0.5) is 0 Å². The molecule has 2 rings (SSSR count). The molecule has 0 spiro atoms. The van der Waals surface area contributed by atoms with E-state index in [2.05, 4.69) is 20.8 Å². The Labute approximate surface area is 214 Å². The minimum atomic E-state index is -0.341. The lowest BCUT2D eigenvalue weighted by Crippen LogP contribution is -2.08. The van der Waals surface area contributed by atoms with E-state index in [1.54, 1.807) is 12.1 Å². The van der Waals surface area contributed by atoms with Crippen LogP contribution in [0.1, 0.15) is 120 Å². The van der Waals surface area contributed by atoms with Crippen molar-refractivity contribution in [2.75, 3.05) is 6.61 Å². The van der Waals surface area contributed by atoms with Gasteiger partial charge in [0.1, 0.15) is 11.5 Å². The van der Waals surface area contributed by atoms with Crippen molar-refractivity contribution < 1.29 is 14.3 Å². The van der Waals surface area contributed by atoms with E-state index < -0.39 is 0 Å².